The average molecular weight is 345 g/mol. The summed E-state index contributed by atoms with van der Waals surface area (Å²) < 4.78 is 15.2. The number of pyridine rings is 2. The Bertz CT molecular complexity index is 1060. The summed E-state index contributed by atoms with van der Waals surface area (Å²) in [5.41, 5.74) is 5.14. The maximum absolute atomic E-state index is 13.4. The average Bonchev–Trinajstić information content (AvgIpc) is 3.02. The second kappa shape index (κ2) is 6.80. The van der Waals surface area contributed by atoms with Gasteiger partial charge in [-0.3, -0.25) is 9.97 Å². The highest BCUT2D eigenvalue weighted by Gasteiger charge is 2.22. The van der Waals surface area contributed by atoms with Crippen LogP contribution in [-0.4, -0.2) is 21.3 Å². The van der Waals surface area contributed by atoms with Gasteiger partial charge in [0.2, 0.25) is 0 Å². The van der Waals surface area contributed by atoms with Gasteiger partial charge >= 0.3 is 0 Å². The van der Waals surface area contributed by atoms with Crippen LogP contribution in [-0.2, 0) is 0 Å². The van der Waals surface area contributed by atoms with Crippen molar-refractivity contribution >= 4 is 11.0 Å². The third-order valence-corrected chi connectivity index (χ3v) is 4.09. The van der Waals surface area contributed by atoms with Gasteiger partial charge in [-0.2, -0.15) is 4.73 Å². The summed E-state index contributed by atoms with van der Waals surface area (Å²) in [5.74, 6) is -0.279. The number of hydrogen-bond donors (Lipinski definition) is 0. The van der Waals surface area contributed by atoms with Crippen LogP contribution in [0.5, 0.6) is 0 Å². The third-order valence-electron chi connectivity index (χ3n) is 4.09. The van der Waals surface area contributed by atoms with Crippen molar-refractivity contribution in [2.45, 2.75) is 0 Å². The first-order valence-electron chi connectivity index (χ1n) is 8.19. The molecule has 0 spiro atoms. The normalized spacial score (nSPS) is 10.8. The van der Waals surface area contributed by atoms with Crippen LogP contribution in [0.25, 0.3) is 33.4 Å². The van der Waals surface area contributed by atoms with Gasteiger partial charge in [0.15, 0.2) is 0 Å². The second-order valence-electron chi connectivity index (χ2n) is 5.72. The Hall–Kier alpha value is -3.47. The zero-order valence-corrected chi connectivity index (χ0v) is 14.0. The minimum Gasteiger partial charge on any atom is -0.409 e. The Morgan fingerprint density at radius 3 is 2.50 bits per heavy atom. The van der Waals surface area contributed by atoms with E-state index in [1.54, 1.807) is 41.5 Å². The number of fused-ring (bicyclic) bond motifs is 1. The van der Waals surface area contributed by atoms with E-state index in [1.807, 2.05) is 24.3 Å². The van der Waals surface area contributed by atoms with Crippen LogP contribution in [0.2, 0.25) is 0 Å². The molecule has 0 saturated heterocycles. The van der Waals surface area contributed by atoms with Crippen LogP contribution in [0.1, 0.15) is 0 Å². The van der Waals surface area contributed by atoms with Crippen molar-refractivity contribution in [2.24, 2.45) is 0 Å². The van der Waals surface area contributed by atoms with Crippen LogP contribution in [0.3, 0.4) is 0 Å². The van der Waals surface area contributed by atoms with Crippen molar-refractivity contribution in [3.63, 3.8) is 0 Å². The molecule has 1 aromatic carbocycles. The van der Waals surface area contributed by atoms with Crippen molar-refractivity contribution < 1.29 is 9.23 Å². The molecule has 0 fully saturated rings. The molecule has 26 heavy (non-hydrogen) atoms. The number of aromatic nitrogens is 3. The van der Waals surface area contributed by atoms with Crippen molar-refractivity contribution in [2.75, 3.05) is 6.61 Å². The van der Waals surface area contributed by atoms with E-state index in [-0.39, 0.29) is 5.82 Å². The lowest BCUT2D eigenvalue weighted by Gasteiger charge is -2.12. The van der Waals surface area contributed by atoms with Gasteiger partial charge in [0.05, 0.1) is 5.69 Å². The van der Waals surface area contributed by atoms with Crippen LogP contribution in [0.4, 0.5) is 4.39 Å². The third kappa shape index (κ3) is 2.73. The maximum Gasteiger partial charge on any atom is 0.133 e. The smallest absolute Gasteiger partial charge is 0.133 e. The highest BCUT2D eigenvalue weighted by molar-refractivity contribution is 6.01. The van der Waals surface area contributed by atoms with Crippen LogP contribution >= 0.6 is 0 Å². The Morgan fingerprint density at radius 1 is 1.00 bits per heavy atom. The summed E-state index contributed by atoms with van der Waals surface area (Å²) in [6.45, 7) is 4.07. The predicted molar refractivity (Wildman–Crippen MR) is 100 cm³/mol. The maximum atomic E-state index is 13.4. The highest BCUT2D eigenvalue weighted by atomic mass is 19.1. The quantitative estimate of drug-likeness (QED) is 0.499. The largest absolute Gasteiger partial charge is 0.409 e. The molecule has 3 aromatic heterocycles. The van der Waals surface area contributed by atoms with Crippen molar-refractivity contribution in [3.8, 4) is 22.4 Å². The van der Waals surface area contributed by atoms with Crippen LogP contribution < -0.4 is 4.84 Å². The Labute approximate surface area is 150 Å². The lowest BCUT2D eigenvalue weighted by Crippen LogP contribution is -2.12. The van der Waals surface area contributed by atoms with E-state index in [0.29, 0.717) is 6.61 Å². The van der Waals surface area contributed by atoms with Gasteiger partial charge in [0, 0.05) is 29.7 Å². The molecule has 4 nitrogen and oxygen atoms in total. The fourth-order valence-corrected chi connectivity index (χ4v) is 3.01. The molecule has 0 aliphatic rings. The van der Waals surface area contributed by atoms with Gasteiger partial charge in [0.25, 0.3) is 0 Å². The molecule has 0 aliphatic heterocycles. The van der Waals surface area contributed by atoms with Crippen molar-refractivity contribution in [1.29, 1.82) is 0 Å². The minimum atomic E-state index is -0.279. The molecule has 0 saturated carbocycles. The summed E-state index contributed by atoms with van der Waals surface area (Å²) in [6.07, 6.45) is 6.89. The van der Waals surface area contributed by atoms with Gasteiger partial charge in [0.1, 0.15) is 23.5 Å². The zero-order valence-electron chi connectivity index (χ0n) is 14.0. The van der Waals surface area contributed by atoms with Crippen LogP contribution in [0, 0.1) is 5.82 Å². The number of halogens is 1. The summed E-state index contributed by atoms with van der Waals surface area (Å²) in [6, 6.07) is 14.0. The summed E-state index contributed by atoms with van der Waals surface area (Å²) >= 11 is 0. The van der Waals surface area contributed by atoms with E-state index in [0.717, 1.165) is 33.4 Å². The minimum absolute atomic E-state index is 0.279. The van der Waals surface area contributed by atoms with Crippen molar-refractivity contribution in [3.05, 3.63) is 85.6 Å². The first-order chi connectivity index (χ1) is 12.8. The topological polar surface area (TPSA) is 39.9 Å². The molecular weight excluding hydrogens is 329 g/mol. The van der Waals surface area contributed by atoms with Gasteiger partial charge in [-0.1, -0.05) is 24.8 Å². The molecule has 0 atom stereocenters. The van der Waals surface area contributed by atoms with E-state index in [1.165, 1.54) is 12.1 Å². The molecule has 4 rings (SSSR count). The Morgan fingerprint density at radius 2 is 1.77 bits per heavy atom. The number of rotatable bonds is 5. The van der Waals surface area contributed by atoms with Gasteiger partial charge in [-0.15, -0.1) is 0 Å². The molecule has 0 bridgehead atoms. The van der Waals surface area contributed by atoms with E-state index in [2.05, 4.69) is 16.5 Å². The second-order valence-corrected chi connectivity index (χ2v) is 5.72. The van der Waals surface area contributed by atoms with Gasteiger partial charge < -0.3 is 4.84 Å². The van der Waals surface area contributed by atoms with Crippen LogP contribution in [0.15, 0.2) is 79.8 Å². The molecular formula is C21H16FN3O. The standard InChI is InChI=1S/C21H16FN3O/c1-2-14-26-25-18-4-3-11-24-20(18)19(15-5-7-17(22)8-6-15)21(25)16-9-12-23-13-10-16/h2-13H,1,14H2. The first-order valence-corrected chi connectivity index (χ1v) is 8.19. The summed E-state index contributed by atoms with van der Waals surface area (Å²) in [5, 5.41) is 0. The van der Waals surface area contributed by atoms with Gasteiger partial charge in [-0.05, 0) is 42.0 Å². The molecule has 128 valence electrons. The molecule has 0 aliphatic carbocycles. The molecule has 4 aromatic rings. The monoisotopic (exact) mass is 345 g/mol. The molecule has 0 radical (unpaired) electrons. The SMILES string of the molecule is C=CCOn1c(-c2ccncc2)c(-c2ccc(F)cc2)c2ncccc21. The fourth-order valence-electron chi connectivity index (χ4n) is 3.01. The Balaban J connectivity index is 2.08. The molecule has 3 heterocycles. The zero-order chi connectivity index (χ0) is 17.9. The van der Waals surface area contributed by atoms with E-state index >= 15 is 0 Å². The van der Waals surface area contributed by atoms with E-state index in [4.69, 9.17) is 4.84 Å². The summed E-state index contributed by atoms with van der Waals surface area (Å²) in [7, 11) is 0. The fraction of sp³-hybridized carbons (Fsp3) is 0.0476. The molecule has 0 N–H and O–H groups in total. The molecule has 5 heteroatoms. The number of hydrogen-bond acceptors (Lipinski definition) is 3. The molecule has 0 amide bonds. The van der Waals surface area contributed by atoms with Crippen molar-refractivity contribution in [1.82, 2.24) is 14.7 Å². The predicted octanol–water partition coefficient (Wildman–Crippen LogP) is 4.52. The van der Waals surface area contributed by atoms with Gasteiger partial charge in [-0.25, -0.2) is 4.39 Å². The highest BCUT2D eigenvalue weighted by Crippen LogP contribution is 2.39. The number of benzene rings is 1. The summed E-state index contributed by atoms with van der Waals surface area (Å²) in [4.78, 5) is 14.6. The van der Waals surface area contributed by atoms with E-state index in [9.17, 15) is 4.39 Å². The lowest BCUT2D eigenvalue weighted by molar-refractivity contribution is 0.150. The lowest BCUT2D eigenvalue weighted by atomic mass is 10.0. The Kier molecular flexibility index (Phi) is 4.19. The number of nitrogens with zero attached hydrogens (tertiary/aromatic N) is 3. The first kappa shape index (κ1) is 16.0. The van der Waals surface area contributed by atoms with E-state index < -0.39 is 0 Å². The molecule has 0 unspecified atom stereocenters.